The number of aliphatic hydroxyl groups excluding tert-OH is 1. The molecule has 0 radical (unpaired) electrons. The van der Waals surface area contributed by atoms with Gasteiger partial charge in [0.1, 0.15) is 0 Å². The van der Waals surface area contributed by atoms with Crippen molar-refractivity contribution in [2.45, 2.75) is 194 Å². The molecule has 0 aliphatic heterocycles. The first-order valence-corrected chi connectivity index (χ1v) is 23.0. The lowest BCUT2D eigenvalue weighted by Crippen LogP contribution is -2.50. The molecule has 0 aromatic rings. The Hall–Kier alpha value is 0.274. The van der Waals surface area contributed by atoms with Crippen molar-refractivity contribution in [1.29, 1.82) is 0 Å². The fourth-order valence-corrected chi connectivity index (χ4v) is 7.55. The summed E-state index contributed by atoms with van der Waals surface area (Å²) in [5.41, 5.74) is 0. The van der Waals surface area contributed by atoms with Crippen molar-refractivity contribution in [3.05, 3.63) is 0 Å². The molecule has 0 aliphatic rings. The molecule has 0 aromatic carbocycles. The van der Waals surface area contributed by atoms with Gasteiger partial charge in [-0.2, -0.15) is 0 Å². The van der Waals surface area contributed by atoms with E-state index in [2.05, 4.69) is 86.5 Å². The van der Waals surface area contributed by atoms with Crippen LogP contribution in [-0.4, -0.2) is 65.1 Å². The predicted molar refractivity (Wildman–Crippen MR) is 184 cm³/mol. The van der Waals surface area contributed by atoms with Crippen LogP contribution < -0.4 is 0 Å². The SMILES string of the molecule is CCCCCCC(CN(CCCCCCO)CC(CCCCCC)O[Si](C)(C)C(C)(C)C)O[Si](C)(C)C(C)(C)C. The maximum Gasteiger partial charge on any atom is 0.192 e. The van der Waals surface area contributed by atoms with Gasteiger partial charge < -0.3 is 14.0 Å². The second-order valence-electron chi connectivity index (χ2n) is 15.6. The first-order valence-electron chi connectivity index (χ1n) is 17.2. The number of hydrogen-bond donors (Lipinski definition) is 1. The average Bonchev–Trinajstić information content (AvgIpc) is 2.82. The van der Waals surface area contributed by atoms with Crippen LogP contribution in [0, 0.1) is 0 Å². The highest BCUT2D eigenvalue weighted by molar-refractivity contribution is 6.74. The molecule has 0 aromatic heterocycles. The van der Waals surface area contributed by atoms with Gasteiger partial charge in [0.05, 0.1) is 12.2 Å². The summed E-state index contributed by atoms with van der Waals surface area (Å²) in [6.07, 6.45) is 17.7. The summed E-state index contributed by atoms with van der Waals surface area (Å²) in [7, 11) is -3.73. The Morgan fingerprint density at radius 2 is 0.950 bits per heavy atom. The molecule has 40 heavy (non-hydrogen) atoms. The lowest BCUT2D eigenvalue weighted by Gasteiger charge is -2.42. The molecule has 0 bridgehead atoms. The largest absolute Gasteiger partial charge is 0.413 e. The zero-order chi connectivity index (χ0) is 30.9. The summed E-state index contributed by atoms with van der Waals surface area (Å²) in [5, 5.41) is 9.70. The third kappa shape index (κ3) is 17.4. The molecule has 2 atom stereocenters. The molecular weight excluding hydrogens is 527 g/mol. The molecule has 2 unspecified atom stereocenters. The van der Waals surface area contributed by atoms with Crippen molar-refractivity contribution >= 4 is 16.6 Å². The monoisotopic (exact) mass is 602 g/mol. The molecule has 6 heteroatoms. The van der Waals surface area contributed by atoms with Gasteiger partial charge in [-0.15, -0.1) is 0 Å². The molecule has 1 N–H and O–H groups in total. The third-order valence-electron chi connectivity index (χ3n) is 9.60. The fourth-order valence-electron chi connectivity index (χ4n) is 4.79. The number of unbranched alkanes of at least 4 members (excludes halogenated alkanes) is 9. The highest BCUT2D eigenvalue weighted by atomic mass is 28.4. The van der Waals surface area contributed by atoms with E-state index in [0.29, 0.717) is 18.8 Å². The first kappa shape index (κ1) is 40.3. The normalized spacial score (nSPS) is 15.2. The zero-order valence-corrected chi connectivity index (χ0v) is 31.6. The van der Waals surface area contributed by atoms with Crippen molar-refractivity contribution in [3.8, 4) is 0 Å². The van der Waals surface area contributed by atoms with Gasteiger partial charge in [0.15, 0.2) is 16.6 Å². The molecule has 0 aliphatic carbocycles. The van der Waals surface area contributed by atoms with Gasteiger partial charge in [-0.3, -0.25) is 4.90 Å². The quantitative estimate of drug-likeness (QED) is 0.0882. The summed E-state index contributed by atoms with van der Waals surface area (Å²) in [5.74, 6) is 0. The summed E-state index contributed by atoms with van der Waals surface area (Å²) in [4.78, 5) is 2.72. The molecule has 0 fully saturated rings. The van der Waals surface area contributed by atoms with Gasteiger partial charge in [-0.05, 0) is 68.5 Å². The maximum atomic E-state index is 9.27. The van der Waals surface area contributed by atoms with Crippen LogP contribution >= 0.6 is 0 Å². The smallest absolute Gasteiger partial charge is 0.192 e. The van der Waals surface area contributed by atoms with Crippen molar-refractivity contribution < 1.29 is 14.0 Å². The Bertz CT molecular complexity index is 567. The number of nitrogens with zero attached hydrogens (tertiary/aromatic N) is 1. The van der Waals surface area contributed by atoms with Crippen molar-refractivity contribution in [3.63, 3.8) is 0 Å². The molecule has 242 valence electrons. The van der Waals surface area contributed by atoms with E-state index < -0.39 is 16.6 Å². The summed E-state index contributed by atoms with van der Waals surface area (Å²) in [6, 6.07) is 0. The highest BCUT2D eigenvalue weighted by Crippen LogP contribution is 2.39. The van der Waals surface area contributed by atoms with Crippen LogP contribution in [0.2, 0.25) is 36.3 Å². The Morgan fingerprint density at radius 1 is 0.575 bits per heavy atom. The lowest BCUT2D eigenvalue weighted by molar-refractivity contribution is 0.0678. The third-order valence-corrected chi connectivity index (χ3v) is 18.7. The Balaban J connectivity index is 5.89. The first-order chi connectivity index (χ1) is 18.5. The van der Waals surface area contributed by atoms with Gasteiger partial charge in [0.2, 0.25) is 0 Å². The maximum absolute atomic E-state index is 9.27. The minimum absolute atomic E-state index is 0.219. The van der Waals surface area contributed by atoms with Crippen molar-refractivity contribution in [2.24, 2.45) is 0 Å². The van der Waals surface area contributed by atoms with Crippen molar-refractivity contribution in [2.75, 3.05) is 26.2 Å². The number of hydrogen-bond acceptors (Lipinski definition) is 4. The topological polar surface area (TPSA) is 41.9 Å². The lowest BCUT2D eigenvalue weighted by atomic mass is 10.1. The van der Waals surface area contributed by atoms with Crippen LogP contribution in [0.25, 0.3) is 0 Å². The molecule has 0 saturated heterocycles. The second-order valence-corrected chi connectivity index (χ2v) is 25.1. The highest BCUT2D eigenvalue weighted by Gasteiger charge is 2.41. The van der Waals surface area contributed by atoms with E-state index in [0.717, 1.165) is 45.3 Å². The molecule has 0 rings (SSSR count). The van der Waals surface area contributed by atoms with E-state index in [1.807, 2.05) is 0 Å². The standard InChI is InChI=1S/C34H75NO3Si2/c1-13-15-17-21-25-31(37-39(9,10)33(3,4)5)29-35(27-23-19-20-24-28-36)30-32(26-22-18-16-14-2)38-40(11,12)34(6,7)8/h31-32,36H,13-30H2,1-12H3. The number of rotatable bonds is 24. The molecule has 4 nitrogen and oxygen atoms in total. The minimum atomic E-state index is -1.86. The average molecular weight is 602 g/mol. The summed E-state index contributed by atoms with van der Waals surface area (Å²) < 4.78 is 14.3. The van der Waals surface area contributed by atoms with Crippen LogP contribution in [-0.2, 0) is 8.85 Å². The Labute approximate surface area is 255 Å². The van der Waals surface area contributed by atoms with Crippen LogP contribution in [0.15, 0.2) is 0 Å². The molecular formula is C34H75NO3Si2. The van der Waals surface area contributed by atoms with Gasteiger partial charge in [0, 0.05) is 19.7 Å². The minimum Gasteiger partial charge on any atom is -0.413 e. The van der Waals surface area contributed by atoms with Crippen LogP contribution in [0.5, 0.6) is 0 Å². The van der Waals surface area contributed by atoms with E-state index in [9.17, 15) is 5.11 Å². The van der Waals surface area contributed by atoms with Crippen LogP contribution in [0.4, 0.5) is 0 Å². The molecule has 0 heterocycles. The Kier molecular flexibility index (Phi) is 20.4. The van der Waals surface area contributed by atoms with Gasteiger partial charge in [-0.1, -0.05) is 120 Å². The Morgan fingerprint density at radius 3 is 1.30 bits per heavy atom. The van der Waals surface area contributed by atoms with Gasteiger partial charge in [0.25, 0.3) is 0 Å². The van der Waals surface area contributed by atoms with E-state index in [1.54, 1.807) is 0 Å². The van der Waals surface area contributed by atoms with Gasteiger partial charge in [-0.25, -0.2) is 0 Å². The fraction of sp³-hybridized carbons (Fsp3) is 1.00. The van der Waals surface area contributed by atoms with Gasteiger partial charge >= 0.3 is 0 Å². The van der Waals surface area contributed by atoms with E-state index in [1.165, 1.54) is 64.2 Å². The molecule has 0 saturated carbocycles. The molecule has 0 spiro atoms. The second kappa shape index (κ2) is 20.3. The van der Waals surface area contributed by atoms with Crippen molar-refractivity contribution in [1.82, 2.24) is 4.90 Å². The van der Waals surface area contributed by atoms with E-state index in [-0.39, 0.29) is 10.1 Å². The molecule has 0 amide bonds. The predicted octanol–water partition coefficient (Wildman–Crippen LogP) is 10.6. The van der Waals surface area contributed by atoms with Crippen LogP contribution in [0.1, 0.15) is 145 Å². The summed E-state index contributed by atoms with van der Waals surface area (Å²) in [6.45, 7) is 31.9. The zero-order valence-electron chi connectivity index (χ0n) is 29.6. The number of aliphatic hydroxyl groups is 1. The van der Waals surface area contributed by atoms with E-state index in [4.69, 9.17) is 8.85 Å². The van der Waals surface area contributed by atoms with Crippen LogP contribution in [0.3, 0.4) is 0 Å². The van der Waals surface area contributed by atoms with E-state index >= 15 is 0 Å². The summed E-state index contributed by atoms with van der Waals surface area (Å²) >= 11 is 0.